The minimum Gasteiger partial charge on any atom is -0.316 e. The summed E-state index contributed by atoms with van der Waals surface area (Å²) in [6.45, 7) is 2.09. The van der Waals surface area contributed by atoms with Crippen LogP contribution in [0.2, 0.25) is 0 Å². The van der Waals surface area contributed by atoms with Gasteiger partial charge in [0, 0.05) is 17.0 Å². The van der Waals surface area contributed by atoms with Gasteiger partial charge in [-0.15, -0.1) is 0 Å². The van der Waals surface area contributed by atoms with Gasteiger partial charge in [0.1, 0.15) is 0 Å². The molecule has 1 heterocycles. The number of benzene rings is 2. The van der Waals surface area contributed by atoms with Crippen LogP contribution < -0.4 is 0 Å². The summed E-state index contributed by atoms with van der Waals surface area (Å²) in [4.78, 5) is 0. The summed E-state index contributed by atoms with van der Waals surface area (Å²) in [5.74, 6) is -0.220. The van der Waals surface area contributed by atoms with E-state index in [2.05, 4.69) is 31.2 Å². The number of hydrogen-bond acceptors (Lipinski definition) is 3. The van der Waals surface area contributed by atoms with Gasteiger partial charge in [-0.25, -0.2) is 0 Å². The molecule has 25 heavy (non-hydrogen) atoms. The molecule has 0 amide bonds. The maximum absolute atomic E-state index is 6.41. The SMILES string of the molecule is CC1(C2CCCCC2)OC(c2ccccc2)OC(c2ccccc2)O1. The minimum absolute atomic E-state index is 0.405. The van der Waals surface area contributed by atoms with Crippen LogP contribution in [0.15, 0.2) is 60.7 Å². The summed E-state index contributed by atoms with van der Waals surface area (Å²) in [7, 11) is 0. The lowest BCUT2D eigenvalue weighted by Crippen LogP contribution is -2.48. The van der Waals surface area contributed by atoms with Gasteiger partial charge in [0.25, 0.3) is 0 Å². The first-order chi connectivity index (χ1) is 12.2. The van der Waals surface area contributed by atoms with Gasteiger partial charge in [0.15, 0.2) is 18.4 Å². The lowest BCUT2D eigenvalue weighted by molar-refractivity contribution is -0.449. The molecule has 1 aliphatic carbocycles. The van der Waals surface area contributed by atoms with Crippen LogP contribution in [0.1, 0.15) is 62.7 Å². The van der Waals surface area contributed by atoms with Crippen LogP contribution in [0, 0.1) is 5.92 Å². The molecular weight excluding hydrogens is 312 g/mol. The Balaban J connectivity index is 1.64. The molecule has 2 unspecified atom stereocenters. The molecular formula is C22H26O3. The van der Waals surface area contributed by atoms with Crippen molar-refractivity contribution in [3.8, 4) is 0 Å². The summed E-state index contributed by atoms with van der Waals surface area (Å²) in [6.07, 6.45) is 5.30. The quantitative estimate of drug-likeness (QED) is 0.714. The summed E-state index contributed by atoms with van der Waals surface area (Å²) in [6, 6.07) is 20.3. The van der Waals surface area contributed by atoms with E-state index in [9.17, 15) is 0 Å². The predicted octanol–water partition coefficient (Wildman–Crippen LogP) is 5.74. The van der Waals surface area contributed by atoms with E-state index < -0.39 is 18.4 Å². The summed E-state index contributed by atoms with van der Waals surface area (Å²) < 4.78 is 19.0. The molecule has 0 spiro atoms. The van der Waals surface area contributed by atoms with Crippen LogP contribution in [0.5, 0.6) is 0 Å². The molecule has 3 nitrogen and oxygen atoms in total. The van der Waals surface area contributed by atoms with Crippen molar-refractivity contribution < 1.29 is 14.2 Å². The van der Waals surface area contributed by atoms with Gasteiger partial charge >= 0.3 is 0 Å². The third-order valence-electron chi connectivity index (χ3n) is 5.42. The number of ether oxygens (including phenoxy) is 3. The van der Waals surface area contributed by atoms with Crippen molar-refractivity contribution in [2.24, 2.45) is 5.92 Å². The molecule has 0 N–H and O–H groups in total. The van der Waals surface area contributed by atoms with Gasteiger partial charge in [0.05, 0.1) is 0 Å². The zero-order valence-electron chi connectivity index (χ0n) is 14.8. The monoisotopic (exact) mass is 338 g/mol. The Morgan fingerprint density at radius 3 is 1.68 bits per heavy atom. The maximum Gasteiger partial charge on any atom is 0.190 e. The van der Waals surface area contributed by atoms with Gasteiger partial charge < -0.3 is 14.2 Å². The van der Waals surface area contributed by atoms with Crippen molar-refractivity contribution >= 4 is 0 Å². The molecule has 2 aromatic carbocycles. The first kappa shape index (κ1) is 16.8. The highest BCUT2D eigenvalue weighted by Crippen LogP contribution is 2.47. The predicted molar refractivity (Wildman–Crippen MR) is 96.6 cm³/mol. The number of rotatable bonds is 3. The second-order valence-corrected chi connectivity index (χ2v) is 7.21. The van der Waals surface area contributed by atoms with Crippen LogP contribution in [0.3, 0.4) is 0 Å². The van der Waals surface area contributed by atoms with Gasteiger partial charge in [-0.1, -0.05) is 79.9 Å². The van der Waals surface area contributed by atoms with Crippen molar-refractivity contribution in [2.75, 3.05) is 0 Å². The van der Waals surface area contributed by atoms with Crippen molar-refractivity contribution in [3.63, 3.8) is 0 Å². The Bertz CT molecular complexity index is 617. The average Bonchev–Trinajstić information content (AvgIpc) is 2.70. The normalized spacial score (nSPS) is 30.9. The molecule has 132 valence electrons. The van der Waals surface area contributed by atoms with E-state index in [0.29, 0.717) is 5.92 Å². The third-order valence-corrected chi connectivity index (χ3v) is 5.42. The molecule has 0 radical (unpaired) electrons. The molecule has 2 aromatic rings. The van der Waals surface area contributed by atoms with E-state index in [0.717, 1.165) is 24.0 Å². The van der Waals surface area contributed by atoms with Gasteiger partial charge in [-0.2, -0.15) is 0 Å². The minimum atomic E-state index is -0.625. The fraction of sp³-hybridized carbons (Fsp3) is 0.455. The van der Waals surface area contributed by atoms with Gasteiger partial charge in [-0.3, -0.25) is 0 Å². The lowest BCUT2D eigenvalue weighted by atomic mass is 9.83. The van der Waals surface area contributed by atoms with E-state index in [-0.39, 0.29) is 0 Å². The first-order valence-electron chi connectivity index (χ1n) is 9.35. The van der Waals surface area contributed by atoms with Crippen LogP contribution in [0.25, 0.3) is 0 Å². The largest absolute Gasteiger partial charge is 0.316 e. The molecule has 0 bridgehead atoms. The summed E-state index contributed by atoms with van der Waals surface area (Å²) in [5.41, 5.74) is 2.07. The van der Waals surface area contributed by atoms with E-state index in [1.807, 2.05) is 36.4 Å². The highest BCUT2D eigenvalue weighted by Gasteiger charge is 2.46. The van der Waals surface area contributed by atoms with E-state index in [4.69, 9.17) is 14.2 Å². The Hall–Kier alpha value is -1.68. The van der Waals surface area contributed by atoms with Gasteiger partial charge in [0.2, 0.25) is 0 Å². The zero-order valence-corrected chi connectivity index (χ0v) is 14.8. The molecule has 2 atom stereocenters. The standard InChI is InChI=1S/C22H26O3/c1-22(19-15-9-4-10-16-19)24-20(17-11-5-2-6-12-17)23-21(25-22)18-13-7-3-8-14-18/h2-3,5-8,11-14,19-21H,4,9-10,15-16H2,1H3. The van der Waals surface area contributed by atoms with Gasteiger partial charge in [-0.05, 0) is 19.8 Å². The molecule has 1 saturated heterocycles. The molecule has 1 aliphatic heterocycles. The van der Waals surface area contributed by atoms with Crippen LogP contribution >= 0.6 is 0 Å². The fourth-order valence-corrected chi connectivity index (χ4v) is 3.95. The molecule has 3 heteroatoms. The van der Waals surface area contributed by atoms with E-state index >= 15 is 0 Å². The molecule has 2 fully saturated rings. The smallest absolute Gasteiger partial charge is 0.190 e. The zero-order chi connectivity index (χ0) is 17.1. The molecule has 0 aromatic heterocycles. The Labute approximate surface area is 149 Å². The van der Waals surface area contributed by atoms with Crippen LogP contribution in [-0.4, -0.2) is 5.79 Å². The Kier molecular flexibility index (Phi) is 4.89. The second-order valence-electron chi connectivity index (χ2n) is 7.21. The Morgan fingerprint density at radius 1 is 0.720 bits per heavy atom. The lowest BCUT2D eigenvalue weighted by Gasteiger charge is -2.47. The van der Waals surface area contributed by atoms with Crippen LogP contribution in [-0.2, 0) is 14.2 Å². The van der Waals surface area contributed by atoms with E-state index in [1.165, 1.54) is 19.3 Å². The summed E-state index contributed by atoms with van der Waals surface area (Å²) in [5, 5.41) is 0. The van der Waals surface area contributed by atoms with Crippen molar-refractivity contribution in [3.05, 3.63) is 71.8 Å². The topological polar surface area (TPSA) is 27.7 Å². The van der Waals surface area contributed by atoms with E-state index in [1.54, 1.807) is 0 Å². The van der Waals surface area contributed by atoms with Crippen molar-refractivity contribution in [1.29, 1.82) is 0 Å². The highest BCUT2D eigenvalue weighted by molar-refractivity contribution is 5.19. The Morgan fingerprint density at radius 2 is 1.20 bits per heavy atom. The molecule has 1 saturated carbocycles. The third kappa shape index (κ3) is 3.64. The average molecular weight is 338 g/mol. The van der Waals surface area contributed by atoms with Crippen molar-refractivity contribution in [2.45, 2.75) is 57.4 Å². The maximum atomic E-state index is 6.41. The van der Waals surface area contributed by atoms with Crippen LogP contribution in [0.4, 0.5) is 0 Å². The second kappa shape index (κ2) is 7.28. The molecule has 2 aliphatic rings. The molecule has 4 rings (SSSR count). The summed E-state index contributed by atoms with van der Waals surface area (Å²) >= 11 is 0. The van der Waals surface area contributed by atoms with Crippen molar-refractivity contribution in [1.82, 2.24) is 0 Å². The highest BCUT2D eigenvalue weighted by atomic mass is 16.9. The first-order valence-corrected chi connectivity index (χ1v) is 9.35. The fourth-order valence-electron chi connectivity index (χ4n) is 3.95. The number of hydrogen-bond donors (Lipinski definition) is 0.